The molecule has 0 heterocycles. The standard InChI is InChI=1S/C14H23FN2O2S/c1-14(2,3)11-20(18,19)17(10-6-9-16)13-8-5-4-7-12(13)15/h4-5,7-8H,6,9-11,16H2,1-3H3. The van der Waals surface area contributed by atoms with E-state index in [1.54, 1.807) is 6.07 Å². The summed E-state index contributed by atoms with van der Waals surface area (Å²) < 4.78 is 40.1. The molecule has 1 aromatic carbocycles. The fraction of sp³-hybridized carbons (Fsp3) is 0.571. The molecule has 0 saturated carbocycles. The molecule has 0 saturated heterocycles. The van der Waals surface area contributed by atoms with Crippen molar-refractivity contribution < 1.29 is 12.8 Å². The molecule has 1 aromatic rings. The van der Waals surface area contributed by atoms with Crippen LogP contribution in [0.15, 0.2) is 24.3 Å². The maximum atomic E-state index is 13.9. The molecule has 0 spiro atoms. The number of halogens is 1. The summed E-state index contributed by atoms with van der Waals surface area (Å²) in [6.45, 7) is 6.07. The zero-order valence-corrected chi connectivity index (χ0v) is 13.1. The Morgan fingerprint density at radius 2 is 1.85 bits per heavy atom. The van der Waals surface area contributed by atoms with Crippen molar-refractivity contribution in [3.05, 3.63) is 30.1 Å². The predicted octanol–water partition coefficient (Wildman–Crippen LogP) is 2.36. The minimum Gasteiger partial charge on any atom is -0.330 e. The van der Waals surface area contributed by atoms with E-state index in [2.05, 4.69) is 0 Å². The maximum Gasteiger partial charge on any atom is 0.235 e. The molecule has 0 atom stereocenters. The van der Waals surface area contributed by atoms with E-state index in [0.29, 0.717) is 13.0 Å². The first kappa shape index (κ1) is 16.9. The first-order valence-corrected chi connectivity index (χ1v) is 8.23. The lowest BCUT2D eigenvalue weighted by Crippen LogP contribution is -2.38. The Labute approximate surface area is 120 Å². The number of rotatable bonds is 6. The summed E-state index contributed by atoms with van der Waals surface area (Å²) in [5.74, 6) is -0.583. The van der Waals surface area contributed by atoms with Crippen LogP contribution in [0, 0.1) is 11.2 Å². The number of para-hydroxylation sites is 1. The summed E-state index contributed by atoms with van der Waals surface area (Å²) in [7, 11) is -3.59. The van der Waals surface area contributed by atoms with Crippen molar-refractivity contribution in [3.8, 4) is 0 Å². The van der Waals surface area contributed by atoms with Crippen LogP contribution in [0.5, 0.6) is 0 Å². The summed E-state index contributed by atoms with van der Waals surface area (Å²) in [5.41, 5.74) is 5.14. The van der Waals surface area contributed by atoms with Gasteiger partial charge in [-0.2, -0.15) is 0 Å². The number of nitrogens with zero attached hydrogens (tertiary/aromatic N) is 1. The van der Waals surface area contributed by atoms with E-state index in [-0.39, 0.29) is 18.0 Å². The molecule has 1 rings (SSSR count). The van der Waals surface area contributed by atoms with E-state index in [0.717, 1.165) is 4.31 Å². The molecule has 0 fully saturated rings. The molecule has 114 valence electrons. The number of hydrogen-bond acceptors (Lipinski definition) is 3. The molecular formula is C14H23FN2O2S. The molecule has 0 amide bonds. The first-order chi connectivity index (χ1) is 9.17. The van der Waals surface area contributed by atoms with E-state index in [4.69, 9.17) is 5.73 Å². The highest BCUT2D eigenvalue weighted by atomic mass is 32.2. The van der Waals surface area contributed by atoms with Crippen molar-refractivity contribution in [2.75, 3.05) is 23.1 Å². The summed E-state index contributed by atoms with van der Waals surface area (Å²) in [5, 5.41) is 0. The summed E-state index contributed by atoms with van der Waals surface area (Å²) in [6.07, 6.45) is 0.484. The van der Waals surface area contributed by atoms with Crippen LogP contribution in [0.4, 0.5) is 10.1 Å². The van der Waals surface area contributed by atoms with Crippen LogP contribution in [-0.4, -0.2) is 27.3 Å². The lowest BCUT2D eigenvalue weighted by Gasteiger charge is -2.28. The molecule has 0 aliphatic rings. The van der Waals surface area contributed by atoms with Gasteiger partial charge in [0.1, 0.15) is 5.82 Å². The van der Waals surface area contributed by atoms with Gasteiger partial charge in [0.25, 0.3) is 0 Å². The summed E-state index contributed by atoms with van der Waals surface area (Å²) >= 11 is 0. The Morgan fingerprint density at radius 3 is 2.35 bits per heavy atom. The molecule has 2 N–H and O–H groups in total. The van der Waals surface area contributed by atoms with Crippen LogP contribution < -0.4 is 10.0 Å². The molecule has 20 heavy (non-hydrogen) atoms. The van der Waals surface area contributed by atoms with E-state index >= 15 is 0 Å². The third-order valence-electron chi connectivity index (χ3n) is 2.64. The third kappa shape index (κ3) is 4.76. The van der Waals surface area contributed by atoms with Gasteiger partial charge in [0.2, 0.25) is 10.0 Å². The number of hydrogen-bond donors (Lipinski definition) is 1. The zero-order chi connectivity index (χ0) is 15.4. The smallest absolute Gasteiger partial charge is 0.235 e. The topological polar surface area (TPSA) is 63.4 Å². The van der Waals surface area contributed by atoms with Crippen molar-refractivity contribution in [2.45, 2.75) is 27.2 Å². The fourth-order valence-corrected chi connectivity index (χ4v) is 4.03. The number of anilines is 1. The summed E-state index contributed by atoms with van der Waals surface area (Å²) in [4.78, 5) is 0. The van der Waals surface area contributed by atoms with Crippen molar-refractivity contribution >= 4 is 15.7 Å². The Kier molecular flexibility index (Phi) is 5.53. The molecule has 0 unspecified atom stereocenters. The van der Waals surface area contributed by atoms with Crippen molar-refractivity contribution in [1.82, 2.24) is 0 Å². The van der Waals surface area contributed by atoms with Gasteiger partial charge in [-0.3, -0.25) is 4.31 Å². The van der Waals surface area contributed by atoms with E-state index in [9.17, 15) is 12.8 Å². The van der Waals surface area contributed by atoms with Gasteiger partial charge in [0.15, 0.2) is 0 Å². The van der Waals surface area contributed by atoms with Gasteiger partial charge in [0.05, 0.1) is 11.4 Å². The zero-order valence-electron chi connectivity index (χ0n) is 12.3. The predicted molar refractivity (Wildman–Crippen MR) is 80.7 cm³/mol. The number of benzene rings is 1. The second-order valence-corrected chi connectivity index (χ2v) is 7.88. The molecule has 0 aliphatic carbocycles. The van der Waals surface area contributed by atoms with Crippen LogP contribution in [0.3, 0.4) is 0 Å². The quantitative estimate of drug-likeness (QED) is 0.877. The van der Waals surface area contributed by atoms with Gasteiger partial charge in [-0.1, -0.05) is 32.9 Å². The van der Waals surface area contributed by atoms with Crippen LogP contribution in [0.2, 0.25) is 0 Å². The molecule has 0 aliphatic heterocycles. The highest BCUT2D eigenvalue weighted by molar-refractivity contribution is 7.92. The average Bonchev–Trinajstić information content (AvgIpc) is 2.28. The Bertz CT molecular complexity index is 538. The van der Waals surface area contributed by atoms with E-state index in [1.165, 1.54) is 18.2 Å². The Morgan fingerprint density at radius 1 is 1.25 bits per heavy atom. The van der Waals surface area contributed by atoms with Gasteiger partial charge in [-0.15, -0.1) is 0 Å². The first-order valence-electron chi connectivity index (χ1n) is 6.62. The molecule has 6 heteroatoms. The van der Waals surface area contributed by atoms with Crippen LogP contribution >= 0.6 is 0 Å². The van der Waals surface area contributed by atoms with Gasteiger partial charge in [-0.05, 0) is 30.5 Å². The normalized spacial score (nSPS) is 12.4. The van der Waals surface area contributed by atoms with Gasteiger partial charge in [0, 0.05) is 6.54 Å². The van der Waals surface area contributed by atoms with E-state index in [1.807, 2.05) is 20.8 Å². The maximum absolute atomic E-state index is 13.9. The highest BCUT2D eigenvalue weighted by Crippen LogP contribution is 2.26. The number of sulfonamides is 1. The molecular weight excluding hydrogens is 279 g/mol. The molecule has 0 bridgehead atoms. The second kappa shape index (κ2) is 6.54. The largest absolute Gasteiger partial charge is 0.330 e. The van der Waals surface area contributed by atoms with Crippen molar-refractivity contribution in [1.29, 1.82) is 0 Å². The monoisotopic (exact) mass is 302 g/mol. The lowest BCUT2D eigenvalue weighted by molar-refractivity contribution is 0.460. The highest BCUT2D eigenvalue weighted by Gasteiger charge is 2.29. The van der Waals surface area contributed by atoms with Crippen LogP contribution in [-0.2, 0) is 10.0 Å². The van der Waals surface area contributed by atoms with Gasteiger partial charge < -0.3 is 5.73 Å². The molecule has 0 aromatic heterocycles. The third-order valence-corrected chi connectivity index (χ3v) is 4.92. The van der Waals surface area contributed by atoms with Crippen molar-refractivity contribution in [3.63, 3.8) is 0 Å². The minimum absolute atomic E-state index is 0.0428. The lowest BCUT2D eigenvalue weighted by atomic mass is 10.0. The average molecular weight is 302 g/mol. The fourth-order valence-electron chi connectivity index (χ4n) is 1.92. The SMILES string of the molecule is CC(C)(C)CS(=O)(=O)N(CCCN)c1ccccc1F. The molecule has 0 radical (unpaired) electrons. The van der Waals surface area contributed by atoms with Gasteiger partial charge >= 0.3 is 0 Å². The Balaban J connectivity index is 3.16. The second-order valence-electron chi connectivity index (χ2n) is 5.98. The van der Waals surface area contributed by atoms with Gasteiger partial charge in [-0.25, -0.2) is 12.8 Å². The van der Waals surface area contributed by atoms with E-state index < -0.39 is 21.3 Å². The Hall–Kier alpha value is -1.14. The number of nitrogens with two attached hydrogens (primary N) is 1. The van der Waals surface area contributed by atoms with Crippen LogP contribution in [0.1, 0.15) is 27.2 Å². The molecule has 4 nitrogen and oxygen atoms in total. The van der Waals surface area contributed by atoms with Crippen molar-refractivity contribution in [2.24, 2.45) is 11.1 Å². The van der Waals surface area contributed by atoms with Crippen LogP contribution in [0.25, 0.3) is 0 Å². The summed E-state index contributed by atoms with van der Waals surface area (Å²) in [6, 6.07) is 5.90. The minimum atomic E-state index is -3.59.